The Balaban J connectivity index is 1.69. The molecule has 1 amide bonds. The SMILES string of the molecule is COc1ccc(C2/C(=C(/O)c3ccc4c(c3)OCCO4)C(=O)C(=O)N2c2cccc(F)c2)cc1. The number of ether oxygens (including phenoxy) is 3. The molecule has 1 unspecified atom stereocenters. The Hall–Kier alpha value is -4.33. The molecule has 5 rings (SSSR count). The van der Waals surface area contributed by atoms with E-state index in [0.29, 0.717) is 41.6 Å². The number of aliphatic hydroxyl groups is 1. The molecule has 172 valence electrons. The van der Waals surface area contributed by atoms with Gasteiger partial charge in [0.2, 0.25) is 0 Å². The highest BCUT2D eigenvalue weighted by molar-refractivity contribution is 6.51. The molecule has 2 aliphatic heterocycles. The molecule has 2 aliphatic rings. The van der Waals surface area contributed by atoms with Crippen LogP contribution in [-0.4, -0.2) is 37.1 Å². The number of ketones is 1. The lowest BCUT2D eigenvalue weighted by Gasteiger charge is -2.25. The monoisotopic (exact) mass is 461 g/mol. The molecule has 8 heteroatoms. The third kappa shape index (κ3) is 3.63. The zero-order valence-electron chi connectivity index (χ0n) is 18.2. The maximum absolute atomic E-state index is 14.0. The lowest BCUT2D eigenvalue weighted by atomic mass is 9.95. The summed E-state index contributed by atoms with van der Waals surface area (Å²) in [4.78, 5) is 27.5. The van der Waals surface area contributed by atoms with E-state index in [4.69, 9.17) is 14.2 Å². The predicted molar refractivity (Wildman–Crippen MR) is 122 cm³/mol. The average molecular weight is 461 g/mol. The predicted octanol–water partition coefficient (Wildman–Crippen LogP) is 4.23. The van der Waals surface area contributed by atoms with Gasteiger partial charge >= 0.3 is 0 Å². The van der Waals surface area contributed by atoms with Crippen LogP contribution in [0.2, 0.25) is 0 Å². The van der Waals surface area contributed by atoms with Crippen molar-refractivity contribution in [2.75, 3.05) is 25.2 Å². The summed E-state index contributed by atoms with van der Waals surface area (Å²) in [5, 5.41) is 11.2. The van der Waals surface area contributed by atoms with E-state index in [1.807, 2.05) is 0 Å². The lowest BCUT2D eigenvalue weighted by molar-refractivity contribution is -0.132. The van der Waals surface area contributed by atoms with Gasteiger partial charge in [-0.3, -0.25) is 14.5 Å². The first kappa shape index (κ1) is 21.5. The van der Waals surface area contributed by atoms with Crippen molar-refractivity contribution in [3.63, 3.8) is 0 Å². The Morgan fingerprint density at radius 1 is 1.00 bits per heavy atom. The quantitative estimate of drug-likeness (QED) is 0.356. The zero-order valence-corrected chi connectivity index (χ0v) is 18.2. The molecule has 0 bridgehead atoms. The summed E-state index contributed by atoms with van der Waals surface area (Å²) in [5.41, 5.74) is 0.920. The van der Waals surface area contributed by atoms with Crippen molar-refractivity contribution in [1.29, 1.82) is 0 Å². The number of anilines is 1. The Bertz CT molecular complexity index is 1320. The van der Waals surface area contributed by atoms with Crippen LogP contribution in [0.3, 0.4) is 0 Å². The van der Waals surface area contributed by atoms with E-state index in [1.165, 1.54) is 36.3 Å². The van der Waals surface area contributed by atoms with Crippen molar-refractivity contribution in [1.82, 2.24) is 0 Å². The van der Waals surface area contributed by atoms with Gasteiger partial charge in [-0.25, -0.2) is 4.39 Å². The van der Waals surface area contributed by atoms with Crippen molar-refractivity contribution in [2.24, 2.45) is 0 Å². The summed E-state index contributed by atoms with van der Waals surface area (Å²) in [5.74, 6) is -1.14. The molecule has 0 aliphatic carbocycles. The molecule has 3 aromatic carbocycles. The van der Waals surface area contributed by atoms with E-state index < -0.39 is 23.5 Å². The van der Waals surface area contributed by atoms with Crippen LogP contribution in [0.1, 0.15) is 17.2 Å². The maximum atomic E-state index is 14.0. The average Bonchev–Trinajstić information content (AvgIpc) is 3.13. The highest BCUT2D eigenvalue weighted by Gasteiger charge is 2.47. The number of benzene rings is 3. The van der Waals surface area contributed by atoms with Gasteiger partial charge in [0.25, 0.3) is 11.7 Å². The number of hydrogen-bond donors (Lipinski definition) is 1. The molecular weight excluding hydrogens is 441 g/mol. The smallest absolute Gasteiger partial charge is 0.300 e. The van der Waals surface area contributed by atoms with Crippen LogP contribution in [0.15, 0.2) is 72.3 Å². The summed E-state index contributed by atoms with van der Waals surface area (Å²) >= 11 is 0. The normalized spacial score (nSPS) is 18.8. The largest absolute Gasteiger partial charge is 0.507 e. The summed E-state index contributed by atoms with van der Waals surface area (Å²) < 4.78 is 30.4. The number of Topliss-reactive ketones (excluding diaryl/α,β-unsaturated/α-hetero) is 1. The number of carbonyl (C=O) groups is 2. The Kier molecular flexibility index (Phi) is 5.41. The summed E-state index contributed by atoms with van der Waals surface area (Å²) in [6.07, 6.45) is 0. The molecule has 0 saturated carbocycles. The molecule has 3 aromatic rings. The molecule has 1 saturated heterocycles. The van der Waals surface area contributed by atoms with E-state index in [-0.39, 0.29) is 17.0 Å². The number of carbonyl (C=O) groups excluding carboxylic acids is 2. The molecule has 0 radical (unpaired) electrons. The number of fused-ring (bicyclic) bond motifs is 1. The van der Waals surface area contributed by atoms with Crippen LogP contribution in [0.25, 0.3) is 5.76 Å². The number of amides is 1. The molecule has 1 N–H and O–H groups in total. The van der Waals surface area contributed by atoms with E-state index in [2.05, 4.69) is 0 Å². The number of nitrogens with zero attached hydrogens (tertiary/aromatic N) is 1. The summed E-state index contributed by atoms with van der Waals surface area (Å²) in [6.45, 7) is 0.765. The first-order chi connectivity index (χ1) is 16.5. The van der Waals surface area contributed by atoms with Gasteiger partial charge in [0.1, 0.15) is 30.5 Å². The fourth-order valence-corrected chi connectivity index (χ4v) is 4.17. The van der Waals surface area contributed by atoms with Crippen molar-refractivity contribution in [3.8, 4) is 17.2 Å². The fraction of sp³-hybridized carbons (Fsp3) is 0.154. The molecule has 34 heavy (non-hydrogen) atoms. The summed E-state index contributed by atoms with van der Waals surface area (Å²) in [6, 6.07) is 16.0. The van der Waals surface area contributed by atoms with E-state index in [9.17, 15) is 19.1 Å². The minimum atomic E-state index is -0.985. The molecule has 7 nitrogen and oxygen atoms in total. The first-order valence-corrected chi connectivity index (χ1v) is 10.6. The number of methoxy groups -OCH3 is 1. The van der Waals surface area contributed by atoms with Gasteiger partial charge in [0, 0.05) is 11.3 Å². The van der Waals surface area contributed by atoms with Gasteiger partial charge in [-0.1, -0.05) is 18.2 Å². The topological polar surface area (TPSA) is 85.3 Å². The number of halogens is 1. The van der Waals surface area contributed by atoms with Gasteiger partial charge in [0.05, 0.1) is 18.7 Å². The molecule has 0 aromatic heterocycles. The van der Waals surface area contributed by atoms with Gasteiger partial charge < -0.3 is 19.3 Å². The van der Waals surface area contributed by atoms with E-state index in [0.717, 1.165) is 0 Å². The second-order valence-corrected chi connectivity index (χ2v) is 7.78. The highest BCUT2D eigenvalue weighted by atomic mass is 19.1. The van der Waals surface area contributed by atoms with Crippen molar-refractivity contribution < 1.29 is 33.3 Å². The molecule has 1 fully saturated rings. The van der Waals surface area contributed by atoms with Crippen molar-refractivity contribution >= 4 is 23.1 Å². The van der Waals surface area contributed by atoms with Crippen LogP contribution < -0.4 is 19.1 Å². The van der Waals surface area contributed by atoms with Crippen LogP contribution in [0.4, 0.5) is 10.1 Å². The van der Waals surface area contributed by atoms with Crippen LogP contribution in [-0.2, 0) is 9.59 Å². The molecule has 2 heterocycles. The molecular formula is C26H20FNO6. The Labute approximate surface area is 194 Å². The Morgan fingerprint density at radius 3 is 2.44 bits per heavy atom. The van der Waals surface area contributed by atoms with Crippen LogP contribution in [0.5, 0.6) is 17.2 Å². The first-order valence-electron chi connectivity index (χ1n) is 10.6. The third-order valence-electron chi connectivity index (χ3n) is 5.78. The Morgan fingerprint density at radius 2 is 1.74 bits per heavy atom. The van der Waals surface area contributed by atoms with E-state index >= 15 is 0 Å². The van der Waals surface area contributed by atoms with Crippen LogP contribution >= 0.6 is 0 Å². The van der Waals surface area contributed by atoms with Gasteiger partial charge in [-0.15, -0.1) is 0 Å². The van der Waals surface area contributed by atoms with Crippen molar-refractivity contribution in [3.05, 3.63) is 89.2 Å². The second-order valence-electron chi connectivity index (χ2n) is 7.78. The van der Waals surface area contributed by atoms with Gasteiger partial charge in [-0.2, -0.15) is 0 Å². The minimum Gasteiger partial charge on any atom is -0.507 e. The standard InChI is InChI=1S/C26H20FNO6/c1-32-19-8-5-15(6-9-19)23-22(24(29)16-7-10-20-21(13-16)34-12-11-33-20)25(30)26(31)28(23)18-4-2-3-17(27)14-18/h2-10,13-14,23,29H,11-12H2,1H3/b24-22-. The van der Waals surface area contributed by atoms with Gasteiger partial charge in [0.15, 0.2) is 11.5 Å². The van der Waals surface area contributed by atoms with Gasteiger partial charge in [-0.05, 0) is 54.1 Å². The highest BCUT2D eigenvalue weighted by Crippen LogP contribution is 2.43. The maximum Gasteiger partial charge on any atom is 0.300 e. The lowest BCUT2D eigenvalue weighted by Crippen LogP contribution is -2.29. The number of rotatable bonds is 4. The van der Waals surface area contributed by atoms with Crippen molar-refractivity contribution in [2.45, 2.75) is 6.04 Å². The summed E-state index contributed by atoms with van der Waals surface area (Å²) in [7, 11) is 1.52. The second kappa shape index (κ2) is 8.55. The molecule has 0 spiro atoms. The fourth-order valence-electron chi connectivity index (χ4n) is 4.17. The minimum absolute atomic E-state index is 0.115. The molecule has 1 atom stereocenters. The zero-order chi connectivity index (χ0) is 23.8. The number of hydrogen-bond acceptors (Lipinski definition) is 6. The number of aliphatic hydroxyl groups excluding tert-OH is 1. The van der Waals surface area contributed by atoms with Crippen LogP contribution in [0, 0.1) is 5.82 Å². The third-order valence-corrected chi connectivity index (χ3v) is 5.78. The van der Waals surface area contributed by atoms with E-state index in [1.54, 1.807) is 42.5 Å².